The minimum Gasteiger partial charge on any atom is -0.344 e. The summed E-state index contributed by atoms with van der Waals surface area (Å²) in [6, 6.07) is 8.66. The third kappa shape index (κ3) is 4.75. The van der Waals surface area contributed by atoms with E-state index >= 15 is 0 Å². The number of nitrogens with zero attached hydrogens (tertiary/aromatic N) is 1. The zero-order valence-electron chi connectivity index (χ0n) is 12.2. The Labute approximate surface area is 143 Å². The molecule has 0 fully saturated rings. The fourth-order valence-corrected chi connectivity index (χ4v) is 2.40. The molecule has 0 aliphatic carbocycles. The van der Waals surface area contributed by atoms with Gasteiger partial charge in [-0.3, -0.25) is 9.59 Å². The van der Waals surface area contributed by atoms with Crippen LogP contribution in [0, 0.1) is 0 Å². The van der Waals surface area contributed by atoms with Crippen molar-refractivity contribution in [3.05, 3.63) is 53.3 Å². The number of hydrogen-bond donors (Lipinski definition) is 3. The standard InChI is InChI=1S/C14H13ClN4O4S/c15-12-11(2-1-7-17-12)19-14(21)13(20)18-8-9-3-5-10(6-4-9)24(16,22)23/h1-7H,8H2,(H,18,20)(H,19,21)(H2,16,22,23). The molecule has 0 aliphatic rings. The second-order valence-electron chi connectivity index (χ2n) is 4.67. The highest BCUT2D eigenvalue weighted by Gasteiger charge is 2.15. The lowest BCUT2D eigenvalue weighted by Gasteiger charge is -2.07. The van der Waals surface area contributed by atoms with Crippen molar-refractivity contribution in [1.82, 2.24) is 10.3 Å². The number of carbonyl (C=O) groups excluding carboxylic acids is 2. The van der Waals surface area contributed by atoms with Crippen molar-refractivity contribution in [2.24, 2.45) is 5.14 Å². The van der Waals surface area contributed by atoms with E-state index in [0.29, 0.717) is 5.56 Å². The molecule has 2 amide bonds. The summed E-state index contributed by atoms with van der Waals surface area (Å²) >= 11 is 5.78. The van der Waals surface area contributed by atoms with Crippen LogP contribution in [-0.2, 0) is 26.2 Å². The second-order valence-corrected chi connectivity index (χ2v) is 6.59. The molecular weight excluding hydrogens is 356 g/mol. The molecule has 1 aromatic heterocycles. The summed E-state index contributed by atoms with van der Waals surface area (Å²) in [5.74, 6) is -1.77. The van der Waals surface area contributed by atoms with Crippen molar-refractivity contribution in [3.63, 3.8) is 0 Å². The summed E-state index contributed by atoms with van der Waals surface area (Å²) < 4.78 is 22.3. The van der Waals surface area contributed by atoms with E-state index in [9.17, 15) is 18.0 Å². The molecule has 126 valence electrons. The monoisotopic (exact) mass is 368 g/mol. The number of benzene rings is 1. The van der Waals surface area contributed by atoms with Gasteiger partial charge in [0.15, 0.2) is 5.15 Å². The quantitative estimate of drug-likeness (QED) is 0.538. The number of sulfonamides is 1. The van der Waals surface area contributed by atoms with Crippen molar-refractivity contribution < 1.29 is 18.0 Å². The van der Waals surface area contributed by atoms with Gasteiger partial charge in [-0.2, -0.15) is 0 Å². The van der Waals surface area contributed by atoms with Crippen molar-refractivity contribution in [3.8, 4) is 0 Å². The normalized spacial score (nSPS) is 10.9. The van der Waals surface area contributed by atoms with Gasteiger partial charge in [-0.15, -0.1) is 0 Å². The predicted octanol–water partition coefficient (Wildman–Crippen LogP) is 0.637. The first kappa shape index (κ1) is 17.9. The average Bonchev–Trinajstić information content (AvgIpc) is 2.54. The third-order valence-corrected chi connectivity index (χ3v) is 4.15. The van der Waals surface area contributed by atoms with E-state index in [0.717, 1.165) is 0 Å². The number of rotatable bonds is 4. The molecule has 0 saturated heterocycles. The van der Waals surface area contributed by atoms with E-state index in [4.69, 9.17) is 16.7 Å². The Bertz CT molecular complexity index is 869. The van der Waals surface area contributed by atoms with Crippen LogP contribution in [0.25, 0.3) is 0 Å². The maximum Gasteiger partial charge on any atom is 0.313 e. The Hall–Kier alpha value is -2.49. The number of anilines is 1. The van der Waals surface area contributed by atoms with Crippen LogP contribution < -0.4 is 15.8 Å². The minimum absolute atomic E-state index is 0.0396. The number of amides is 2. The smallest absolute Gasteiger partial charge is 0.313 e. The van der Waals surface area contributed by atoms with E-state index in [1.807, 2.05) is 0 Å². The van der Waals surface area contributed by atoms with Crippen molar-refractivity contribution in [2.45, 2.75) is 11.4 Å². The highest BCUT2D eigenvalue weighted by Crippen LogP contribution is 2.17. The maximum atomic E-state index is 11.8. The van der Waals surface area contributed by atoms with Crippen molar-refractivity contribution in [1.29, 1.82) is 0 Å². The van der Waals surface area contributed by atoms with Crippen LogP contribution in [0.1, 0.15) is 5.56 Å². The first-order valence-electron chi connectivity index (χ1n) is 6.59. The van der Waals surface area contributed by atoms with Gasteiger partial charge in [-0.05, 0) is 29.8 Å². The van der Waals surface area contributed by atoms with Gasteiger partial charge in [-0.1, -0.05) is 23.7 Å². The first-order valence-corrected chi connectivity index (χ1v) is 8.51. The summed E-state index contributed by atoms with van der Waals surface area (Å²) in [6.07, 6.45) is 1.45. The molecule has 1 heterocycles. The second kappa shape index (κ2) is 7.39. The number of carbonyl (C=O) groups is 2. The molecule has 24 heavy (non-hydrogen) atoms. The van der Waals surface area contributed by atoms with E-state index in [-0.39, 0.29) is 22.3 Å². The predicted molar refractivity (Wildman–Crippen MR) is 87.5 cm³/mol. The first-order chi connectivity index (χ1) is 11.3. The minimum atomic E-state index is -3.77. The van der Waals surface area contributed by atoms with Crippen molar-refractivity contribution >= 4 is 39.1 Å². The molecule has 4 N–H and O–H groups in total. The van der Waals surface area contributed by atoms with E-state index in [1.54, 1.807) is 6.07 Å². The molecule has 2 rings (SSSR count). The molecule has 0 unspecified atom stereocenters. The lowest BCUT2D eigenvalue weighted by Crippen LogP contribution is -2.35. The lowest BCUT2D eigenvalue weighted by molar-refractivity contribution is -0.136. The fraction of sp³-hybridized carbons (Fsp3) is 0.0714. The Morgan fingerprint density at radius 2 is 1.79 bits per heavy atom. The van der Waals surface area contributed by atoms with Crippen LogP contribution in [-0.4, -0.2) is 25.2 Å². The van der Waals surface area contributed by atoms with E-state index in [2.05, 4.69) is 15.6 Å². The zero-order valence-corrected chi connectivity index (χ0v) is 13.8. The molecule has 8 nitrogen and oxygen atoms in total. The van der Waals surface area contributed by atoms with Gasteiger partial charge < -0.3 is 10.6 Å². The van der Waals surface area contributed by atoms with Crippen LogP contribution in [0.5, 0.6) is 0 Å². The van der Waals surface area contributed by atoms with E-state index in [1.165, 1.54) is 36.5 Å². The van der Waals surface area contributed by atoms with Crippen LogP contribution >= 0.6 is 11.6 Å². The van der Waals surface area contributed by atoms with Gasteiger partial charge in [0.2, 0.25) is 10.0 Å². The van der Waals surface area contributed by atoms with Crippen LogP contribution in [0.2, 0.25) is 5.15 Å². The third-order valence-electron chi connectivity index (χ3n) is 2.92. The van der Waals surface area contributed by atoms with Gasteiger partial charge in [-0.25, -0.2) is 18.5 Å². The summed E-state index contributed by atoms with van der Waals surface area (Å²) in [6.45, 7) is 0.0396. The van der Waals surface area contributed by atoms with Gasteiger partial charge in [0, 0.05) is 12.7 Å². The Morgan fingerprint density at radius 3 is 2.38 bits per heavy atom. The zero-order chi connectivity index (χ0) is 17.7. The SMILES string of the molecule is NS(=O)(=O)c1ccc(CNC(=O)C(=O)Nc2cccnc2Cl)cc1. The molecule has 0 atom stereocenters. The van der Waals surface area contributed by atoms with Gasteiger partial charge in [0.05, 0.1) is 10.6 Å². The van der Waals surface area contributed by atoms with Crippen LogP contribution in [0.3, 0.4) is 0 Å². The molecule has 0 radical (unpaired) electrons. The Morgan fingerprint density at radius 1 is 1.12 bits per heavy atom. The fourth-order valence-electron chi connectivity index (χ4n) is 1.72. The summed E-state index contributed by atoms with van der Waals surface area (Å²) in [7, 11) is -3.77. The Kier molecular flexibility index (Phi) is 5.50. The number of halogens is 1. The summed E-state index contributed by atoms with van der Waals surface area (Å²) in [4.78, 5) is 27.3. The van der Waals surface area contributed by atoms with Gasteiger partial charge in [0.25, 0.3) is 0 Å². The number of nitrogens with one attached hydrogen (secondary N) is 2. The van der Waals surface area contributed by atoms with Crippen LogP contribution in [0.4, 0.5) is 5.69 Å². The molecule has 0 saturated carbocycles. The van der Waals surface area contributed by atoms with Crippen LogP contribution in [0.15, 0.2) is 47.5 Å². The molecular formula is C14H13ClN4O4S. The number of primary sulfonamides is 1. The Balaban J connectivity index is 1.93. The molecule has 1 aromatic carbocycles. The molecule has 0 spiro atoms. The molecule has 2 aromatic rings. The lowest BCUT2D eigenvalue weighted by atomic mass is 10.2. The molecule has 0 bridgehead atoms. The molecule has 10 heteroatoms. The highest BCUT2D eigenvalue weighted by molar-refractivity contribution is 7.89. The molecule has 0 aliphatic heterocycles. The number of nitrogens with two attached hydrogens (primary N) is 1. The highest BCUT2D eigenvalue weighted by atomic mass is 35.5. The summed E-state index contributed by atoms with van der Waals surface area (Å²) in [5.41, 5.74) is 0.819. The maximum absolute atomic E-state index is 11.8. The average molecular weight is 369 g/mol. The number of pyridine rings is 1. The van der Waals surface area contributed by atoms with Crippen molar-refractivity contribution in [2.75, 3.05) is 5.32 Å². The van der Waals surface area contributed by atoms with Gasteiger partial charge in [0.1, 0.15) is 0 Å². The van der Waals surface area contributed by atoms with E-state index < -0.39 is 21.8 Å². The number of aromatic nitrogens is 1. The van der Waals surface area contributed by atoms with Gasteiger partial charge >= 0.3 is 11.8 Å². The summed E-state index contributed by atoms with van der Waals surface area (Å²) in [5, 5.41) is 9.79. The topological polar surface area (TPSA) is 131 Å². The number of hydrogen-bond acceptors (Lipinski definition) is 5. The largest absolute Gasteiger partial charge is 0.344 e.